The van der Waals surface area contributed by atoms with E-state index in [-0.39, 0.29) is 11.9 Å². The van der Waals surface area contributed by atoms with Gasteiger partial charge in [0.25, 0.3) is 5.91 Å². The molecule has 0 aliphatic rings. The first-order valence-corrected chi connectivity index (χ1v) is 8.10. The number of fused-ring (bicyclic) bond motifs is 1. The molecular formula is C18H25N3O3. The molecular weight excluding hydrogens is 306 g/mol. The quantitative estimate of drug-likeness (QED) is 0.787. The fourth-order valence-corrected chi connectivity index (χ4v) is 2.35. The molecule has 1 aromatic heterocycles. The van der Waals surface area contributed by atoms with Crippen LogP contribution >= 0.6 is 0 Å². The maximum Gasteiger partial charge on any atom is 0.407 e. The van der Waals surface area contributed by atoms with Crippen LogP contribution in [-0.4, -0.2) is 35.2 Å². The average Bonchev–Trinajstić information content (AvgIpc) is 2.92. The average molecular weight is 331 g/mol. The topological polar surface area (TPSA) is 83.2 Å². The molecule has 0 aliphatic heterocycles. The van der Waals surface area contributed by atoms with Gasteiger partial charge in [0.1, 0.15) is 5.60 Å². The van der Waals surface area contributed by atoms with Crippen LogP contribution in [0.15, 0.2) is 30.5 Å². The lowest BCUT2D eigenvalue weighted by Crippen LogP contribution is -2.39. The van der Waals surface area contributed by atoms with Crippen LogP contribution in [-0.2, 0) is 4.74 Å². The van der Waals surface area contributed by atoms with Crippen molar-refractivity contribution in [2.24, 2.45) is 0 Å². The number of hydrogen-bond donors (Lipinski definition) is 3. The Kier molecular flexibility index (Phi) is 5.49. The summed E-state index contributed by atoms with van der Waals surface area (Å²) < 4.78 is 5.20. The highest BCUT2D eigenvalue weighted by atomic mass is 16.6. The number of amides is 2. The summed E-state index contributed by atoms with van der Waals surface area (Å²) in [6, 6.07) is 7.43. The summed E-state index contributed by atoms with van der Waals surface area (Å²) in [5, 5.41) is 6.64. The highest BCUT2D eigenvalue weighted by molar-refractivity contribution is 6.05. The molecule has 1 atom stereocenters. The Balaban J connectivity index is 1.80. The molecule has 2 rings (SSSR count). The molecule has 2 aromatic rings. The van der Waals surface area contributed by atoms with Gasteiger partial charge in [-0.1, -0.05) is 12.1 Å². The first-order valence-electron chi connectivity index (χ1n) is 8.10. The maximum atomic E-state index is 12.3. The number of para-hydroxylation sites is 1. The second-order valence-corrected chi connectivity index (χ2v) is 6.84. The first kappa shape index (κ1) is 17.8. The highest BCUT2D eigenvalue weighted by Gasteiger charge is 2.17. The normalized spacial score (nSPS) is 12.7. The SMILES string of the molecule is C[C@@H](CCNC(=O)c1cccc2cc[nH]c12)NC(=O)OC(C)(C)C. The van der Waals surface area contributed by atoms with E-state index in [4.69, 9.17) is 4.74 Å². The van der Waals surface area contributed by atoms with Gasteiger partial charge in [0.15, 0.2) is 0 Å². The first-order chi connectivity index (χ1) is 11.3. The lowest BCUT2D eigenvalue weighted by molar-refractivity contribution is 0.0507. The highest BCUT2D eigenvalue weighted by Crippen LogP contribution is 2.16. The summed E-state index contributed by atoms with van der Waals surface area (Å²) in [4.78, 5) is 27.1. The molecule has 130 valence electrons. The molecule has 0 saturated heterocycles. The van der Waals surface area contributed by atoms with Crippen molar-refractivity contribution in [3.8, 4) is 0 Å². The van der Waals surface area contributed by atoms with Gasteiger partial charge in [0.2, 0.25) is 0 Å². The fourth-order valence-electron chi connectivity index (χ4n) is 2.35. The predicted molar refractivity (Wildman–Crippen MR) is 94.1 cm³/mol. The van der Waals surface area contributed by atoms with E-state index in [0.717, 1.165) is 10.9 Å². The van der Waals surface area contributed by atoms with Gasteiger partial charge in [0, 0.05) is 24.2 Å². The molecule has 6 heteroatoms. The maximum absolute atomic E-state index is 12.3. The van der Waals surface area contributed by atoms with Crippen molar-refractivity contribution < 1.29 is 14.3 Å². The number of carbonyl (C=O) groups excluding carboxylic acids is 2. The van der Waals surface area contributed by atoms with Gasteiger partial charge >= 0.3 is 6.09 Å². The Morgan fingerprint density at radius 2 is 2.00 bits per heavy atom. The van der Waals surface area contributed by atoms with Gasteiger partial charge in [-0.2, -0.15) is 0 Å². The van der Waals surface area contributed by atoms with Crippen LogP contribution < -0.4 is 10.6 Å². The molecule has 0 fully saturated rings. The molecule has 0 aliphatic carbocycles. The van der Waals surface area contributed by atoms with Crippen molar-refractivity contribution in [1.29, 1.82) is 0 Å². The van der Waals surface area contributed by atoms with Crippen LogP contribution in [0.5, 0.6) is 0 Å². The summed E-state index contributed by atoms with van der Waals surface area (Å²) in [5.41, 5.74) is 0.924. The summed E-state index contributed by atoms with van der Waals surface area (Å²) in [6.45, 7) is 7.80. The number of benzene rings is 1. The molecule has 2 amide bonds. The summed E-state index contributed by atoms with van der Waals surface area (Å²) in [5.74, 6) is -0.132. The van der Waals surface area contributed by atoms with E-state index in [9.17, 15) is 9.59 Å². The fraction of sp³-hybridized carbons (Fsp3) is 0.444. The Hall–Kier alpha value is -2.50. The number of alkyl carbamates (subject to hydrolysis) is 1. The third-order valence-corrected chi connectivity index (χ3v) is 3.46. The van der Waals surface area contributed by atoms with E-state index in [2.05, 4.69) is 15.6 Å². The second-order valence-electron chi connectivity index (χ2n) is 6.84. The molecule has 0 spiro atoms. The van der Waals surface area contributed by atoms with Gasteiger partial charge in [0.05, 0.1) is 11.1 Å². The van der Waals surface area contributed by atoms with Crippen molar-refractivity contribution >= 4 is 22.9 Å². The van der Waals surface area contributed by atoms with E-state index in [1.165, 1.54) is 0 Å². The van der Waals surface area contributed by atoms with Crippen molar-refractivity contribution in [2.45, 2.75) is 45.8 Å². The van der Waals surface area contributed by atoms with E-state index in [1.54, 1.807) is 6.07 Å². The number of ether oxygens (including phenoxy) is 1. The van der Waals surface area contributed by atoms with Crippen LogP contribution in [0.4, 0.5) is 4.79 Å². The third-order valence-electron chi connectivity index (χ3n) is 3.46. The van der Waals surface area contributed by atoms with E-state index in [0.29, 0.717) is 18.5 Å². The van der Waals surface area contributed by atoms with Crippen LogP contribution in [0, 0.1) is 0 Å². The molecule has 0 saturated carbocycles. The molecule has 0 bridgehead atoms. The Bertz CT molecular complexity index is 716. The number of H-pyrrole nitrogens is 1. The molecule has 6 nitrogen and oxygen atoms in total. The third kappa shape index (κ3) is 5.01. The zero-order chi connectivity index (χ0) is 17.7. The number of nitrogens with one attached hydrogen (secondary N) is 3. The number of aromatic nitrogens is 1. The van der Waals surface area contributed by atoms with Gasteiger partial charge in [-0.15, -0.1) is 0 Å². The Morgan fingerprint density at radius 3 is 2.71 bits per heavy atom. The largest absolute Gasteiger partial charge is 0.444 e. The minimum atomic E-state index is -0.521. The zero-order valence-electron chi connectivity index (χ0n) is 14.6. The van der Waals surface area contributed by atoms with Gasteiger partial charge in [-0.25, -0.2) is 4.79 Å². The lowest BCUT2D eigenvalue weighted by Gasteiger charge is -2.22. The molecule has 24 heavy (non-hydrogen) atoms. The summed E-state index contributed by atoms with van der Waals surface area (Å²) in [6.07, 6.45) is 1.98. The monoisotopic (exact) mass is 331 g/mol. The molecule has 1 aromatic carbocycles. The molecule has 0 unspecified atom stereocenters. The summed E-state index contributed by atoms with van der Waals surface area (Å²) >= 11 is 0. The smallest absolute Gasteiger partial charge is 0.407 e. The number of rotatable bonds is 5. The zero-order valence-corrected chi connectivity index (χ0v) is 14.6. The molecule has 3 N–H and O–H groups in total. The van der Waals surface area contributed by atoms with Crippen molar-refractivity contribution in [2.75, 3.05) is 6.54 Å². The van der Waals surface area contributed by atoms with Gasteiger partial charge in [-0.3, -0.25) is 4.79 Å². The lowest BCUT2D eigenvalue weighted by atomic mass is 10.1. The van der Waals surface area contributed by atoms with Crippen LogP contribution in [0.3, 0.4) is 0 Å². The van der Waals surface area contributed by atoms with Gasteiger partial charge in [-0.05, 0) is 46.2 Å². The van der Waals surface area contributed by atoms with Crippen LogP contribution in [0.1, 0.15) is 44.5 Å². The minimum absolute atomic E-state index is 0.0959. The summed E-state index contributed by atoms with van der Waals surface area (Å²) in [7, 11) is 0. The molecule has 0 radical (unpaired) electrons. The number of hydrogen-bond acceptors (Lipinski definition) is 3. The van der Waals surface area contributed by atoms with Gasteiger partial charge < -0.3 is 20.4 Å². The van der Waals surface area contributed by atoms with E-state index in [1.807, 2.05) is 52.1 Å². The predicted octanol–water partition coefficient (Wildman–Crippen LogP) is 3.20. The van der Waals surface area contributed by atoms with Crippen molar-refractivity contribution in [1.82, 2.24) is 15.6 Å². The van der Waals surface area contributed by atoms with E-state index >= 15 is 0 Å². The molecule has 1 heterocycles. The second kappa shape index (κ2) is 7.38. The van der Waals surface area contributed by atoms with E-state index < -0.39 is 11.7 Å². The Labute approximate surface area is 142 Å². The van der Waals surface area contributed by atoms with Crippen LogP contribution in [0.25, 0.3) is 10.9 Å². The van der Waals surface area contributed by atoms with Crippen LogP contribution in [0.2, 0.25) is 0 Å². The number of aromatic amines is 1. The minimum Gasteiger partial charge on any atom is -0.444 e. The van der Waals surface area contributed by atoms with Crippen molar-refractivity contribution in [3.05, 3.63) is 36.0 Å². The standard InChI is InChI=1S/C18H25N3O3/c1-12(21-17(23)24-18(2,3)4)8-10-20-16(22)14-7-5-6-13-9-11-19-15(13)14/h5-7,9,11-12,19H,8,10H2,1-4H3,(H,20,22)(H,21,23)/t12-/m0/s1. The Morgan fingerprint density at radius 1 is 1.25 bits per heavy atom. The van der Waals surface area contributed by atoms with Crippen molar-refractivity contribution in [3.63, 3.8) is 0 Å². The number of carbonyl (C=O) groups is 2.